The molecule has 0 spiro atoms. The van der Waals surface area contributed by atoms with Crippen LogP contribution in [0.1, 0.15) is 0 Å². The van der Waals surface area contributed by atoms with E-state index in [2.05, 4.69) is 16.6 Å². The maximum absolute atomic E-state index is 5.75. The molecule has 1 aliphatic rings. The van der Waals surface area contributed by atoms with Crippen molar-refractivity contribution in [3.8, 4) is 0 Å². The van der Waals surface area contributed by atoms with Gasteiger partial charge >= 0.3 is 0 Å². The molecule has 0 fully saturated rings. The van der Waals surface area contributed by atoms with Crippen molar-refractivity contribution >= 4 is 0 Å². The molecule has 1 heterocycles. The van der Waals surface area contributed by atoms with Crippen LogP contribution < -0.4 is 16.4 Å². The quantitative estimate of drug-likeness (QED) is 0.617. The van der Waals surface area contributed by atoms with Gasteiger partial charge in [0.1, 0.15) is 0 Å². The summed E-state index contributed by atoms with van der Waals surface area (Å²) in [6.45, 7) is 3.62. The van der Waals surface area contributed by atoms with Crippen LogP contribution in [0.3, 0.4) is 0 Å². The fourth-order valence-electron chi connectivity index (χ4n) is 1.29. The molecule has 0 bridgehead atoms. The average molecular weight is 173 g/mol. The van der Waals surface area contributed by atoms with Crippen LogP contribution in [0, 0.1) is 0 Å². The lowest BCUT2D eigenvalue weighted by molar-refractivity contribution is 0.626. The topological polar surface area (TPSA) is 50.7 Å². The molecule has 0 amide bonds. The molecule has 1 unspecified atom stereocenters. The molecular weight excluding hydrogens is 162 g/mol. The van der Waals surface area contributed by atoms with Gasteiger partial charge in [0.05, 0.1) is 16.8 Å². The molecule has 3 nitrogen and oxygen atoms in total. The third kappa shape index (κ3) is 1.38. The fraction of sp³-hybridized carbons (Fsp3) is 0.200. The van der Waals surface area contributed by atoms with Gasteiger partial charge in [-0.1, -0.05) is 18.2 Å². The number of benzene rings is 1. The van der Waals surface area contributed by atoms with Crippen molar-refractivity contribution in [2.24, 2.45) is 15.7 Å². The van der Waals surface area contributed by atoms with E-state index in [1.54, 1.807) is 6.08 Å². The van der Waals surface area contributed by atoms with Crippen LogP contribution in [0.4, 0.5) is 0 Å². The van der Waals surface area contributed by atoms with Crippen molar-refractivity contribution in [2.45, 2.75) is 12.2 Å². The molecule has 3 heteroatoms. The molecule has 13 heavy (non-hydrogen) atoms. The molecule has 0 aliphatic carbocycles. The van der Waals surface area contributed by atoms with E-state index in [0.29, 0.717) is 0 Å². The molecule has 1 aromatic carbocycles. The van der Waals surface area contributed by atoms with Crippen LogP contribution in [0.25, 0.3) is 0 Å². The molecule has 1 aromatic rings. The van der Waals surface area contributed by atoms with Gasteiger partial charge < -0.3 is 5.73 Å². The first kappa shape index (κ1) is 8.13. The summed E-state index contributed by atoms with van der Waals surface area (Å²) in [6.07, 6.45) is 1.48. The van der Waals surface area contributed by atoms with Crippen LogP contribution in [0.2, 0.25) is 0 Å². The number of nitrogens with zero attached hydrogens (tertiary/aromatic N) is 2. The lowest BCUT2D eigenvalue weighted by atomic mass is 10.2. The summed E-state index contributed by atoms with van der Waals surface area (Å²) in [6, 6.07) is 7.58. The van der Waals surface area contributed by atoms with Crippen LogP contribution in [0.5, 0.6) is 0 Å². The smallest absolute Gasteiger partial charge is 0.159 e. The Morgan fingerprint density at radius 2 is 1.85 bits per heavy atom. The van der Waals surface area contributed by atoms with E-state index in [1.807, 2.05) is 24.3 Å². The Hall–Kier alpha value is -1.48. The highest BCUT2D eigenvalue weighted by molar-refractivity contribution is 5.06. The number of fused-ring (bicyclic) bond motifs is 1. The summed E-state index contributed by atoms with van der Waals surface area (Å²) >= 11 is 0. The minimum Gasteiger partial charge on any atom is -0.321 e. The fourth-order valence-corrected chi connectivity index (χ4v) is 1.29. The number of rotatable bonds is 2. The first-order chi connectivity index (χ1) is 6.31. The second-order valence-corrected chi connectivity index (χ2v) is 2.97. The molecule has 2 N–H and O–H groups in total. The third-order valence-electron chi connectivity index (χ3n) is 2.04. The summed E-state index contributed by atoms with van der Waals surface area (Å²) < 4.78 is 0. The minimum atomic E-state index is -0.188. The van der Waals surface area contributed by atoms with Gasteiger partial charge in [-0.05, 0) is 12.1 Å². The molecular formula is C10H11N3. The van der Waals surface area contributed by atoms with Crippen LogP contribution in [-0.4, -0.2) is 12.2 Å². The van der Waals surface area contributed by atoms with Gasteiger partial charge in [0.15, 0.2) is 6.17 Å². The van der Waals surface area contributed by atoms with Crippen molar-refractivity contribution in [1.29, 1.82) is 0 Å². The Kier molecular flexibility index (Phi) is 1.94. The monoisotopic (exact) mass is 173 g/mol. The first-order valence-corrected chi connectivity index (χ1v) is 4.20. The highest BCUT2D eigenvalue weighted by atomic mass is 15.1. The summed E-state index contributed by atoms with van der Waals surface area (Å²) in [5, 5.41) is 1.84. The second-order valence-electron chi connectivity index (χ2n) is 2.97. The van der Waals surface area contributed by atoms with Crippen molar-refractivity contribution < 1.29 is 0 Å². The highest BCUT2D eigenvalue weighted by Crippen LogP contribution is 2.00. The van der Waals surface area contributed by atoms with E-state index >= 15 is 0 Å². The standard InChI is InChI=1S/C10H11N3/c1-2-7(11)10-12-8-5-3-4-6-9(8)13-10/h2-7,10H,1,11H2. The van der Waals surface area contributed by atoms with Crippen LogP contribution >= 0.6 is 0 Å². The van der Waals surface area contributed by atoms with Crippen LogP contribution in [0.15, 0.2) is 46.9 Å². The van der Waals surface area contributed by atoms with Crippen molar-refractivity contribution in [1.82, 2.24) is 0 Å². The summed E-state index contributed by atoms with van der Waals surface area (Å²) in [5.41, 5.74) is 5.75. The Labute approximate surface area is 76.3 Å². The van der Waals surface area contributed by atoms with E-state index in [9.17, 15) is 0 Å². The molecule has 0 aromatic heterocycles. The lowest BCUT2D eigenvalue weighted by Gasteiger charge is -2.07. The summed E-state index contributed by atoms with van der Waals surface area (Å²) in [5.74, 6) is 0. The maximum Gasteiger partial charge on any atom is 0.159 e. The molecule has 2 rings (SSSR count). The number of nitrogens with two attached hydrogens (primary N) is 1. The predicted molar refractivity (Wildman–Crippen MR) is 50.7 cm³/mol. The van der Waals surface area contributed by atoms with E-state index in [4.69, 9.17) is 5.73 Å². The number of para-hydroxylation sites is 2. The zero-order valence-electron chi connectivity index (χ0n) is 7.22. The number of hydrogen-bond donors (Lipinski definition) is 1. The minimum absolute atomic E-state index is 0.185. The van der Waals surface area contributed by atoms with Crippen molar-refractivity contribution in [2.75, 3.05) is 0 Å². The zero-order chi connectivity index (χ0) is 9.26. The van der Waals surface area contributed by atoms with Gasteiger partial charge in [-0.15, -0.1) is 6.58 Å². The van der Waals surface area contributed by atoms with E-state index in [-0.39, 0.29) is 12.2 Å². The molecule has 66 valence electrons. The molecule has 1 aliphatic heterocycles. The molecule has 1 atom stereocenters. The molecule has 0 saturated carbocycles. The molecule has 0 radical (unpaired) electrons. The Morgan fingerprint density at radius 3 is 2.31 bits per heavy atom. The Balaban J connectivity index is 2.46. The normalized spacial score (nSPS) is 17.0. The van der Waals surface area contributed by atoms with Crippen molar-refractivity contribution in [3.05, 3.63) is 47.6 Å². The van der Waals surface area contributed by atoms with Crippen molar-refractivity contribution in [3.63, 3.8) is 0 Å². The predicted octanol–water partition coefficient (Wildman–Crippen LogP) is -0.221. The SMILES string of the molecule is C=CC(N)C1N=c2ccccc2=N1. The average Bonchev–Trinajstić information content (AvgIpc) is 2.59. The van der Waals surface area contributed by atoms with Gasteiger partial charge in [-0.25, -0.2) is 0 Å². The van der Waals surface area contributed by atoms with Gasteiger partial charge in [0.2, 0.25) is 0 Å². The van der Waals surface area contributed by atoms with E-state index in [0.717, 1.165) is 10.7 Å². The Bertz CT molecular complexity index is 401. The number of hydrogen-bond acceptors (Lipinski definition) is 3. The maximum atomic E-state index is 5.75. The van der Waals surface area contributed by atoms with Crippen LogP contribution in [-0.2, 0) is 0 Å². The lowest BCUT2D eigenvalue weighted by Crippen LogP contribution is -2.29. The van der Waals surface area contributed by atoms with E-state index < -0.39 is 0 Å². The van der Waals surface area contributed by atoms with E-state index in [1.165, 1.54) is 0 Å². The van der Waals surface area contributed by atoms with Gasteiger partial charge in [-0.2, -0.15) is 0 Å². The summed E-state index contributed by atoms with van der Waals surface area (Å²) in [7, 11) is 0. The Morgan fingerprint density at radius 1 is 1.31 bits per heavy atom. The highest BCUT2D eigenvalue weighted by Gasteiger charge is 2.14. The first-order valence-electron chi connectivity index (χ1n) is 4.20. The molecule has 0 saturated heterocycles. The van der Waals surface area contributed by atoms with Gasteiger partial charge in [0.25, 0.3) is 0 Å². The van der Waals surface area contributed by atoms with Gasteiger partial charge in [-0.3, -0.25) is 9.98 Å². The largest absolute Gasteiger partial charge is 0.321 e. The zero-order valence-corrected chi connectivity index (χ0v) is 7.22. The van der Waals surface area contributed by atoms with Gasteiger partial charge in [0, 0.05) is 0 Å². The second kappa shape index (κ2) is 3.11. The third-order valence-corrected chi connectivity index (χ3v) is 2.04. The summed E-state index contributed by atoms with van der Waals surface area (Å²) in [4.78, 5) is 8.72.